The van der Waals surface area contributed by atoms with Crippen LogP contribution < -0.4 is 5.32 Å². The number of rotatable bonds is 4. The summed E-state index contributed by atoms with van der Waals surface area (Å²) in [5, 5.41) is 10.5. The fraction of sp³-hybridized carbons (Fsp3) is 0.824. The van der Waals surface area contributed by atoms with Gasteiger partial charge in [0.15, 0.2) is 5.96 Å². The van der Waals surface area contributed by atoms with Gasteiger partial charge in [0.05, 0.1) is 0 Å². The number of piperidine rings is 1. The number of H-pyrrole nitrogens is 1. The van der Waals surface area contributed by atoms with E-state index in [4.69, 9.17) is 4.99 Å². The van der Waals surface area contributed by atoms with Crippen LogP contribution in [0, 0.1) is 5.41 Å². The molecule has 6 nitrogen and oxygen atoms in total. The van der Waals surface area contributed by atoms with Gasteiger partial charge in [-0.05, 0) is 38.0 Å². The number of guanidine groups is 1. The van der Waals surface area contributed by atoms with Gasteiger partial charge in [-0.15, -0.1) is 0 Å². The molecule has 1 aromatic rings. The van der Waals surface area contributed by atoms with Gasteiger partial charge >= 0.3 is 0 Å². The number of nitrogens with zero attached hydrogens (tertiary/aromatic N) is 4. The second kappa shape index (κ2) is 7.32. The number of hydrogen-bond acceptors (Lipinski definition) is 3. The molecule has 0 spiro atoms. The molecular weight excluding hydrogens is 288 g/mol. The highest BCUT2D eigenvalue weighted by Crippen LogP contribution is 2.37. The highest BCUT2D eigenvalue weighted by atomic mass is 15.3. The average molecular weight is 318 g/mol. The van der Waals surface area contributed by atoms with Gasteiger partial charge in [0, 0.05) is 32.1 Å². The Labute approximate surface area is 139 Å². The lowest BCUT2D eigenvalue weighted by molar-refractivity contribution is 0.294. The lowest BCUT2D eigenvalue weighted by Crippen LogP contribution is -2.45. The minimum atomic E-state index is 0.416. The molecule has 0 amide bonds. The Kier molecular flexibility index (Phi) is 5.18. The first-order valence-corrected chi connectivity index (χ1v) is 9.09. The molecule has 0 atom stereocenters. The fourth-order valence-electron chi connectivity index (χ4n) is 3.85. The third-order valence-corrected chi connectivity index (χ3v) is 5.37. The highest BCUT2D eigenvalue weighted by Gasteiger charge is 2.29. The van der Waals surface area contributed by atoms with Crippen LogP contribution in [0.5, 0.6) is 0 Å². The van der Waals surface area contributed by atoms with Crippen LogP contribution in [0.3, 0.4) is 0 Å². The van der Waals surface area contributed by atoms with Gasteiger partial charge in [0.25, 0.3) is 0 Å². The summed E-state index contributed by atoms with van der Waals surface area (Å²) in [6, 6.07) is 0. The summed E-state index contributed by atoms with van der Waals surface area (Å²) < 4.78 is 0. The maximum atomic E-state index is 4.97. The minimum Gasteiger partial charge on any atom is -0.357 e. The molecule has 1 saturated carbocycles. The van der Waals surface area contributed by atoms with E-state index in [1.807, 2.05) is 0 Å². The summed E-state index contributed by atoms with van der Waals surface area (Å²) in [5.41, 5.74) is 0.416. The van der Waals surface area contributed by atoms with E-state index in [9.17, 15) is 0 Å². The Morgan fingerprint density at radius 2 is 2.13 bits per heavy atom. The van der Waals surface area contributed by atoms with Crippen LogP contribution in [0.2, 0.25) is 0 Å². The Morgan fingerprint density at radius 1 is 1.39 bits per heavy atom. The van der Waals surface area contributed by atoms with E-state index in [0.717, 1.165) is 50.8 Å². The van der Waals surface area contributed by atoms with Crippen LogP contribution in [0.15, 0.2) is 11.3 Å². The third-order valence-electron chi connectivity index (χ3n) is 5.37. The Morgan fingerprint density at radius 3 is 2.74 bits per heavy atom. The molecular formula is C17H30N6. The molecule has 1 saturated heterocycles. The summed E-state index contributed by atoms with van der Waals surface area (Å²) in [5.74, 6) is 2.63. The van der Waals surface area contributed by atoms with Gasteiger partial charge in [0.1, 0.15) is 12.2 Å². The predicted molar refractivity (Wildman–Crippen MR) is 92.5 cm³/mol. The molecule has 0 radical (unpaired) electrons. The van der Waals surface area contributed by atoms with E-state index >= 15 is 0 Å². The van der Waals surface area contributed by atoms with Crippen LogP contribution in [0.25, 0.3) is 0 Å². The molecule has 1 aliphatic carbocycles. The molecule has 3 rings (SSSR count). The van der Waals surface area contributed by atoms with Crippen molar-refractivity contribution >= 4 is 5.96 Å². The normalized spacial score (nSPS) is 22.5. The van der Waals surface area contributed by atoms with E-state index in [0.29, 0.717) is 11.3 Å². The van der Waals surface area contributed by atoms with Gasteiger partial charge in [-0.2, -0.15) is 5.10 Å². The highest BCUT2D eigenvalue weighted by molar-refractivity contribution is 5.80. The molecule has 1 aliphatic heterocycles. The number of hydrogen-bond donors (Lipinski definition) is 2. The summed E-state index contributed by atoms with van der Waals surface area (Å²) in [4.78, 5) is 11.7. The third kappa shape index (κ3) is 4.03. The van der Waals surface area contributed by atoms with Gasteiger partial charge < -0.3 is 10.2 Å². The fourth-order valence-corrected chi connectivity index (χ4v) is 3.85. The summed E-state index contributed by atoms with van der Waals surface area (Å²) in [7, 11) is 0. The number of aromatic amines is 1. The van der Waals surface area contributed by atoms with Crippen molar-refractivity contribution in [2.24, 2.45) is 10.4 Å². The Balaban J connectivity index is 1.58. The zero-order valence-corrected chi connectivity index (χ0v) is 14.5. The summed E-state index contributed by atoms with van der Waals surface area (Å²) in [6.07, 6.45) is 9.20. The van der Waals surface area contributed by atoms with Gasteiger partial charge in [-0.3, -0.25) is 10.1 Å². The van der Waals surface area contributed by atoms with Crippen LogP contribution in [0.1, 0.15) is 64.1 Å². The van der Waals surface area contributed by atoms with E-state index in [-0.39, 0.29) is 0 Å². The average Bonchev–Trinajstić information content (AvgIpc) is 3.24. The SMILES string of the molecule is CCNC(=NCC1(C)CCCC1)N1CCC(c2ncn[nH]2)CC1. The molecule has 0 unspecified atom stereocenters. The first-order valence-electron chi connectivity index (χ1n) is 9.09. The van der Waals surface area contributed by atoms with Crippen LogP contribution in [0.4, 0.5) is 0 Å². The van der Waals surface area contributed by atoms with Crippen LogP contribution in [-0.2, 0) is 0 Å². The van der Waals surface area contributed by atoms with Crippen molar-refractivity contribution in [2.75, 3.05) is 26.2 Å². The lowest BCUT2D eigenvalue weighted by Gasteiger charge is -2.34. The van der Waals surface area contributed by atoms with Gasteiger partial charge in [0.2, 0.25) is 0 Å². The Bertz CT molecular complexity index is 495. The summed E-state index contributed by atoms with van der Waals surface area (Å²) >= 11 is 0. The maximum absolute atomic E-state index is 4.97. The van der Waals surface area contributed by atoms with Crippen LogP contribution >= 0.6 is 0 Å². The zero-order chi connectivity index (χ0) is 16.1. The van der Waals surface area contributed by atoms with E-state index in [1.54, 1.807) is 6.33 Å². The predicted octanol–water partition coefficient (Wildman–Crippen LogP) is 2.53. The second-order valence-corrected chi connectivity index (χ2v) is 7.32. The standard InChI is InChI=1S/C17H30N6/c1-3-18-16(19-12-17(2)8-4-5-9-17)23-10-6-14(7-11-23)15-20-13-21-22-15/h13-14H,3-12H2,1-2H3,(H,18,19)(H,20,21,22). The number of aromatic nitrogens is 3. The Hall–Kier alpha value is -1.59. The number of likely N-dealkylation sites (tertiary alicyclic amines) is 1. The summed E-state index contributed by atoms with van der Waals surface area (Å²) in [6.45, 7) is 8.49. The number of aliphatic imine (C=N–C) groups is 1. The molecule has 23 heavy (non-hydrogen) atoms. The van der Waals surface area contributed by atoms with Crippen molar-refractivity contribution < 1.29 is 0 Å². The topological polar surface area (TPSA) is 69.2 Å². The van der Waals surface area contributed by atoms with Crippen molar-refractivity contribution in [3.63, 3.8) is 0 Å². The monoisotopic (exact) mass is 318 g/mol. The van der Waals surface area contributed by atoms with Crippen molar-refractivity contribution in [3.05, 3.63) is 12.2 Å². The zero-order valence-electron chi connectivity index (χ0n) is 14.5. The molecule has 1 aromatic heterocycles. The molecule has 2 fully saturated rings. The van der Waals surface area contributed by atoms with E-state index in [2.05, 4.69) is 39.2 Å². The first kappa shape index (κ1) is 16.3. The number of nitrogens with one attached hydrogen (secondary N) is 2. The molecule has 6 heteroatoms. The molecule has 2 aliphatic rings. The van der Waals surface area contributed by atoms with Crippen molar-refractivity contribution in [2.45, 2.75) is 58.3 Å². The smallest absolute Gasteiger partial charge is 0.193 e. The van der Waals surface area contributed by atoms with E-state index in [1.165, 1.54) is 25.7 Å². The molecule has 0 bridgehead atoms. The van der Waals surface area contributed by atoms with Crippen molar-refractivity contribution in [1.82, 2.24) is 25.4 Å². The lowest BCUT2D eigenvalue weighted by atomic mass is 9.89. The van der Waals surface area contributed by atoms with Crippen molar-refractivity contribution in [3.8, 4) is 0 Å². The minimum absolute atomic E-state index is 0.416. The van der Waals surface area contributed by atoms with Gasteiger partial charge in [-0.1, -0.05) is 19.8 Å². The largest absolute Gasteiger partial charge is 0.357 e. The van der Waals surface area contributed by atoms with Crippen LogP contribution in [-0.4, -0.2) is 52.2 Å². The molecule has 2 N–H and O–H groups in total. The second-order valence-electron chi connectivity index (χ2n) is 7.32. The maximum Gasteiger partial charge on any atom is 0.193 e. The van der Waals surface area contributed by atoms with Gasteiger partial charge in [-0.25, -0.2) is 4.98 Å². The molecule has 128 valence electrons. The molecule has 0 aromatic carbocycles. The quantitative estimate of drug-likeness (QED) is 0.661. The van der Waals surface area contributed by atoms with E-state index < -0.39 is 0 Å². The molecule has 2 heterocycles. The first-order chi connectivity index (χ1) is 11.2. The van der Waals surface area contributed by atoms with Crippen molar-refractivity contribution in [1.29, 1.82) is 0 Å².